The lowest BCUT2D eigenvalue weighted by Gasteiger charge is -2.25. The number of fused-ring (bicyclic) bond motifs is 1. The van der Waals surface area contributed by atoms with Gasteiger partial charge in [0.05, 0.1) is 24.2 Å². The molecule has 0 saturated carbocycles. The molecular weight excluding hydrogens is 609 g/mol. The summed E-state index contributed by atoms with van der Waals surface area (Å²) < 4.78 is 99.0. The van der Waals surface area contributed by atoms with Crippen LogP contribution in [0.4, 0.5) is 27.6 Å². The van der Waals surface area contributed by atoms with Crippen molar-refractivity contribution in [2.24, 2.45) is 0 Å². The summed E-state index contributed by atoms with van der Waals surface area (Å²) >= 11 is 0. The van der Waals surface area contributed by atoms with Crippen LogP contribution >= 0.6 is 0 Å². The van der Waals surface area contributed by atoms with Gasteiger partial charge in [0.2, 0.25) is 10.0 Å². The lowest BCUT2D eigenvalue weighted by molar-refractivity contribution is -0.149. The number of alkyl halides is 4. The zero-order valence-corrected chi connectivity index (χ0v) is 24.6. The second-order valence-corrected chi connectivity index (χ2v) is 11.9. The molecule has 0 bridgehead atoms. The summed E-state index contributed by atoms with van der Waals surface area (Å²) in [4.78, 5) is 25.8. The van der Waals surface area contributed by atoms with E-state index in [1.165, 1.54) is 67.7 Å². The number of amides is 2. The van der Waals surface area contributed by atoms with E-state index in [1.54, 1.807) is 0 Å². The molecule has 0 spiro atoms. The van der Waals surface area contributed by atoms with Crippen molar-refractivity contribution in [2.45, 2.75) is 25.6 Å². The molecular formula is C30H28F5N3O5S. The van der Waals surface area contributed by atoms with Gasteiger partial charge in [-0.05, 0) is 61.4 Å². The number of sulfonamides is 1. The van der Waals surface area contributed by atoms with E-state index in [1.807, 2.05) is 5.32 Å². The fourth-order valence-corrected chi connectivity index (χ4v) is 5.55. The molecule has 2 N–H and O–H groups in total. The number of carbonyl (C=O) groups is 2. The molecule has 2 amide bonds. The average Bonchev–Trinajstić information content (AvgIpc) is 3.34. The molecule has 234 valence electrons. The van der Waals surface area contributed by atoms with E-state index >= 15 is 0 Å². The number of hydrogen-bond acceptors (Lipinski definition) is 5. The first-order valence-corrected chi connectivity index (χ1v) is 15.1. The van der Waals surface area contributed by atoms with Gasteiger partial charge in [-0.3, -0.25) is 18.3 Å². The Morgan fingerprint density at radius 1 is 1.00 bits per heavy atom. The maximum atomic E-state index is 13.7. The highest BCUT2D eigenvalue weighted by Gasteiger charge is 2.37. The lowest BCUT2D eigenvalue weighted by atomic mass is 9.97. The van der Waals surface area contributed by atoms with Crippen LogP contribution in [0.1, 0.15) is 34.1 Å². The molecule has 44 heavy (non-hydrogen) atoms. The minimum atomic E-state index is -4.68. The molecule has 4 rings (SSSR count). The molecule has 0 fully saturated rings. The standard InChI is InChI=1S/C30H28F5N3O5S/c1-17(30(33,34)35)37-28(39)20-7-4-6-19(14-20)22-15-23-25(16-24(22)38(13-5-12-31)44(3,41)42)43-27(26(23)29(40)36-2)18-8-10-21(32)11-9-18/h4,6-11,14-17H,5,12-13H2,1-3H3,(H,36,40)(H,37,39). The van der Waals surface area contributed by atoms with Crippen LogP contribution < -0.4 is 14.9 Å². The zero-order chi connectivity index (χ0) is 32.4. The van der Waals surface area contributed by atoms with Gasteiger partial charge >= 0.3 is 6.18 Å². The molecule has 1 atom stereocenters. The van der Waals surface area contributed by atoms with Gasteiger partial charge in [-0.2, -0.15) is 13.2 Å². The minimum Gasteiger partial charge on any atom is -0.455 e. The van der Waals surface area contributed by atoms with E-state index in [4.69, 9.17) is 4.42 Å². The van der Waals surface area contributed by atoms with Crippen molar-refractivity contribution in [3.63, 3.8) is 0 Å². The second kappa shape index (κ2) is 12.6. The van der Waals surface area contributed by atoms with Crippen molar-refractivity contribution in [1.29, 1.82) is 0 Å². The first-order valence-electron chi connectivity index (χ1n) is 13.3. The van der Waals surface area contributed by atoms with Crippen molar-refractivity contribution in [3.8, 4) is 22.5 Å². The van der Waals surface area contributed by atoms with Crippen molar-refractivity contribution < 1.29 is 44.4 Å². The maximum absolute atomic E-state index is 13.7. The van der Waals surface area contributed by atoms with E-state index in [-0.39, 0.29) is 57.6 Å². The summed E-state index contributed by atoms with van der Waals surface area (Å²) in [6.45, 7) is -0.307. The van der Waals surface area contributed by atoms with Crippen molar-refractivity contribution in [1.82, 2.24) is 10.6 Å². The second-order valence-electron chi connectivity index (χ2n) is 9.95. The summed E-state index contributed by atoms with van der Waals surface area (Å²) in [5.74, 6) is -2.06. The van der Waals surface area contributed by atoms with Crippen LogP contribution in [0.3, 0.4) is 0 Å². The summed E-state index contributed by atoms with van der Waals surface area (Å²) in [6, 6.07) is 11.3. The Balaban J connectivity index is 2.00. The summed E-state index contributed by atoms with van der Waals surface area (Å²) in [7, 11) is -2.64. The minimum absolute atomic E-state index is 0.0116. The molecule has 1 unspecified atom stereocenters. The number of nitrogens with zero attached hydrogens (tertiary/aromatic N) is 1. The van der Waals surface area contributed by atoms with Gasteiger partial charge in [0.25, 0.3) is 11.8 Å². The Labute approximate surface area is 249 Å². The van der Waals surface area contributed by atoms with Crippen LogP contribution in [0, 0.1) is 5.82 Å². The number of benzene rings is 3. The Morgan fingerprint density at radius 2 is 1.68 bits per heavy atom. The van der Waals surface area contributed by atoms with Crippen LogP contribution in [0.25, 0.3) is 33.4 Å². The number of hydrogen-bond donors (Lipinski definition) is 2. The first-order chi connectivity index (χ1) is 20.6. The normalized spacial score (nSPS) is 12.6. The number of carbonyl (C=O) groups excluding carboxylic acids is 2. The van der Waals surface area contributed by atoms with Crippen LogP contribution in [0.5, 0.6) is 0 Å². The van der Waals surface area contributed by atoms with E-state index in [9.17, 15) is 40.0 Å². The van der Waals surface area contributed by atoms with Crippen LogP contribution in [0.15, 0.2) is 65.1 Å². The van der Waals surface area contributed by atoms with Gasteiger partial charge in [-0.25, -0.2) is 12.8 Å². The van der Waals surface area contributed by atoms with Crippen molar-refractivity contribution in [2.75, 3.05) is 30.8 Å². The van der Waals surface area contributed by atoms with Crippen molar-refractivity contribution in [3.05, 3.63) is 77.6 Å². The molecule has 8 nitrogen and oxygen atoms in total. The van der Waals surface area contributed by atoms with Gasteiger partial charge in [0, 0.05) is 41.7 Å². The third-order valence-electron chi connectivity index (χ3n) is 6.81. The monoisotopic (exact) mass is 637 g/mol. The number of anilines is 1. The van der Waals surface area contributed by atoms with E-state index in [0.29, 0.717) is 5.56 Å². The largest absolute Gasteiger partial charge is 0.455 e. The molecule has 14 heteroatoms. The van der Waals surface area contributed by atoms with E-state index in [0.717, 1.165) is 17.5 Å². The molecule has 3 aromatic carbocycles. The fourth-order valence-electron chi connectivity index (χ4n) is 4.58. The number of nitrogens with one attached hydrogen (secondary N) is 2. The number of rotatable bonds is 10. The molecule has 0 aliphatic heterocycles. The van der Waals surface area contributed by atoms with Gasteiger partial charge in [0.15, 0.2) is 0 Å². The van der Waals surface area contributed by atoms with Gasteiger partial charge in [-0.1, -0.05) is 12.1 Å². The third-order valence-corrected chi connectivity index (χ3v) is 7.98. The highest BCUT2D eigenvalue weighted by atomic mass is 32.2. The van der Waals surface area contributed by atoms with Crippen LogP contribution in [0.2, 0.25) is 0 Å². The van der Waals surface area contributed by atoms with Crippen molar-refractivity contribution >= 4 is 38.5 Å². The lowest BCUT2D eigenvalue weighted by Crippen LogP contribution is -2.43. The molecule has 0 radical (unpaired) electrons. The summed E-state index contributed by atoms with van der Waals surface area (Å²) in [5, 5.41) is 4.63. The molecule has 1 heterocycles. The molecule has 0 aliphatic carbocycles. The molecule has 0 saturated heterocycles. The quantitative estimate of drug-likeness (QED) is 0.205. The summed E-state index contributed by atoms with van der Waals surface area (Å²) in [5.41, 5.74) is 0.710. The van der Waals surface area contributed by atoms with Gasteiger partial charge < -0.3 is 15.1 Å². The Kier molecular flexibility index (Phi) is 9.33. The molecule has 1 aromatic heterocycles. The predicted molar refractivity (Wildman–Crippen MR) is 156 cm³/mol. The fraction of sp³-hybridized carbons (Fsp3) is 0.267. The van der Waals surface area contributed by atoms with Gasteiger partial charge in [0.1, 0.15) is 23.2 Å². The number of furan rings is 1. The van der Waals surface area contributed by atoms with E-state index < -0.39 is 46.5 Å². The Hall–Kier alpha value is -4.46. The number of halogens is 5. The Morgan fingerprint density at radius 3 is 2.27 bits per heavy atom. The highest BCUT2D eigenvalue weighted by Crippen LogP contribution is 2.42. The predicted octanol–water partition coefficient (Wildman–Crippen LogP) is 6.07. The highest BCUT2D eigenvalue weighted by molar-refractivity contribution is 7.92. The zero-order valence-electron chi connectivity index (χ0n) is 23.8. The van der Waals surface area contributed by atoms with Crippen LogP contribution in [-0.4, -0.2) is 59.0 Å². The van der Waals surface area contributed by atoms with E-state index in [2.05, 4.69) is 5.32 Å². The molecule has 0 aliphatic rings. The average molecular weight is 638 g/mol. The third kappa shape index (κ3) is 6.85. The van der Waals surface area contributed by atoms with Crippen LogP contribution in [-0.2, 0) is 10.0 Å². The Bertz CT molecular complexity index is 1800. The maximum Gasteiger partial charge on any atom is 0.408 e. The SMILES string of the molecule is CNC(=O)c1c(-c2ccc(F)cc2)oc2cc(N(CCCF)S(C)(=O)=O)c(-c3cccc(C(=O)NC(C)C(F)(F)F)c3)cc12. The van der Waals surface area contributed by atoms with Gasteiger partial charge in [-0.15, -0.1) is 0 Å². The smallest absolute Gasteiger partial charge is 0.408 e. The summed E-state index contributed by atoms with van der Waals surface area (Å²) in [6.07, 6.45) is -3.92. The topological polar surface area (TPSA) is 109 Å². The molecule has 4 aromatic rings. The first kappa shape index (κ1) is 32.5.